The molecular weight excluding hydrogens is 896 g/mol. The van der Waals surface area contributed by atoms with E-state index in [0.717, 1.165) is 43.0 Å². The lowest BCUT2D eigenvalue weighted by atomic mass is 9.91. The minimum Gasteiger partial charge on any atom is -0.506 e. The zero-order valence-electron chi connectivity index (χ0n) is 32.6. The molecule has 10 aromatic carbocycles. The molecule has 0 atom stereocenters. The van der Waals surface area contributed by atoms with Gasteiger partial charge in [-0.2, -0.15) is 0 Å². The topological polar surface area (TPSA) is 89.3 Å². The molecule has 1 heterocycles. The van der Waals surface area contributed by atoms with Gasteiger partial charge in [0.2, 0.25) is 5.89 Å². The number of nitrogens with zero attached hydrogens (tertiary/aromatic N) is 1. The summed E-state index contributed by atoms with van der Waals surface area (Å²) in [5.74, 6) is 0.774. The smallest absolute Gasteiger partial charge is 0.227 e. The molecule has 0 aliphatic heterocycles. The number of aromatic nitrogens is 1. The van der Waals surface area contributed by atoms with Crippen molar-refractivity contribution in [1.82, 2.24) is 4.98 Å². The number of anilines is 1. The monoisotopic (exact) mass is 934 g/mol. The van der Waals surface area contributed by atoms with E-state index in [1.54, 1.807) is 24.3 Å². The van der Waals surface area contributed by atoms with Crippen LogP contribution in [0.4, 0.5) is 5.69 Å². The largest absolute Gasteiger partial charge is 0.506 e. The lowest BCUT2D eigenvalue weighted by Gasteiger charge is -2.13. The van der Waals surface area contributed by atoms with Crippen LogP contribution in [0.1, 0.15) is 17.8 Å². The molecule has 302 valence electrons. The van der Waals surface area contributed by atoms with Gasteiger partial charge in [0.1, 0.15) is 17.6 Å². The molecule has 3 N–H and O–H groups in total. The number of phenols is 1. The molecule has 0 fully saturated rings. The maximum absolute atomic E-state index is 11.2. The zero-order chi connectivity index (χ0) is 41.9. The lowest BCUT2D eigenvalue weighted by molar-refractivity contribution is 0.112. The summed E-state index contributed by atoms with van der Waals surface area (Å²) in [5.41, 5.74) is 13.6. The minimum atomic E-state index is 0. The molecule has 11 rings (SSSR count). The van der Waals surface area contributed by atoms with Crippen LogP contribution in [0.5, 0.6) is 5.75 Å². The van der Waals surface area contributed by atoms with Crippen molar-refractivity contribution < 1.29 is 14.3 Å². The van der Waals surface area contributed by atoms with Crippen molar-refractivity contribution in [1.29, 1.82) is 0 Å². The summed E-state index contributed by atoms with van der Waals surface area (Å²) >= 11 is 7.23. The van der Waals surface area contributed by atoms with Crippen LogP contribution in [-0.4, -0.2) is 16.4 Å². The third-order valence-corrected chi connectivity index (χ3v) is 11.5. The first-order valence-electron chi connectivity index (χ1n) is 19.6. The summed E-state index contributed by atoms with van der Waals surface area (Å²) < 4.78 is 7.95. The quantitative estimate of drug-likeness (QED) is 0.0794. The molecule has 0 spiro atoms. The number of carbonyl (C=O) groups excluding carboxylic acids is 1. The summed E-state index contributed by atoms with van der Waals surface area (Å²) in [7, 11) is 0. The molecule has 5 nitrogen and oxygen atoms in total. The van der Waals surface area contributed by atoms with Crippen LogP contribution in [-0.2, 0) is 0 Å². The van der Waals surface area contributed by atoms with Gasteiger partial charge in [-0.3, -0.25) is 4.79 Å². The van der Waals surface area contributed by atoms with Gasteiger partial charge in [0.15, 0.2) is 5.58 Å². The maximum atomic E-state index is 11.2. The summed E-state index contributed by atoms with van der Waals surface area (Å²) in [6.07, 6.45) is 0.890. The van der Waals surface area contributed by atoms with Gasteiger partial charge < -0.3 is 15.3 Å². The third kappa shape index (κ3) is 8.59. The molecule has 0 unspecified atom stereocenters. The molecule has 62 heavy (non-hydrogen) atoms. The van der Waals surface area contributed by atoms with Gasteiger partial charge in [-0.15, -0.1) is 0 Å². The fourth-order valence-electron chi connectivity index (χ4n) is 7.81. The number of carbonyl (C=O) groups is 1. The molecule has 0 aliphatic rings. The predicted molar refractivity (Wildman–Crippen MR) is 267 cm³/mol. The third-order valence-electron chi connectivity index (χ3n) is 10.6. The van der Waals surface area contributed by atoms with Gasteiger partial charge in [0.05, 0.1) is 5.69 Å². The highest BCUT2D eigenvalue weighted by atomic mass is 79.9. The van der Waals surface area contributed by atoms with Crippen molar-refractivity contribution in [3.05, 3.63) is 209 Å². The average Bonchev–Trinajstić information content (AvgIpc) is 3.73. The molecule has 0 amide bonds. The number of nitrogens with two attached hydrogens (primary N) is 1. The molecular formula is C55H40Br2N2O3. The molecule has 1 aromatic heterocycles. The van der Waals surface area contributed by atoms with Gasteiger partial charge >= 0.3 is 0 Å². The Hall–Kier alpha value is -7.06. The lowest BCUT2D eigenvalue weighted by Crippen LogP contribution is -1.88. The van der Waals surface area contributed by atoms with Crippen molar-refractivity contribution in [2.45, 2.75) is 7.43 Å². The number of hydrogen-bond donors (Lipinski definition) is 2. The van der Waals surface area contributed by atoms with E-state index in [-0.39, 0.29) is 13.2 Å². The Bertz CT molecular complexity index is 3250. The Labute approximate surface area is 376 Å². The van der Waals surface area contributed by atoms with Crippen LogP contribution in [0.25, 0.3) is 87.9 Å². The fourth-order valence-corrected chi connectivity index (χ4v) is 8.82. The van der Waals surface area contributed by atoms with Gasteiger partial charge in [-0.05, 0) is 138 Å². The van der Waals surface area contributed by atoms with Crippen molar-refractivity contribution in [2.75, 3.05) is 5.73 Å². The van der Waals surface area contributed by atoms with Crippen LogP contribution in [0.15, 0.2) is 207 Å². The first kappa shape index (κ1) is 41.7. The van der Waals surface area contributed by atoms with Crippen LogP contribution >= 0.6 is 31.9 Å². The molecule has 0 aliphatic carbocycles. The molecule has 7 heteroatoms. The van der Waals surface area contributed by atoms with E-state index in [0.29, 0.717) is 17.1 Å². The van der Waals surface area contributed by atoms with Crippen LogP contribution in [0.2, 0.25) is 0 Å². The Balaban J connectivity index is 0.000000146. The summed E-state index contributed by atoms with van der Waals surface area (Å²) in [6.45, 7) is 0. The molecule has 0 radical (unpaired) electrons. The second kappa shape index (κ2) is 18.3. The average molecular weight is 937 g/mol. The van der Waals surface area contributed by atoms with Gasteiger partial charge in [0.25, 0.3) is 0 Å². The van der Waals surface area contributed by atoms with Crippen molar-refractivity contribution in [3.63, 3.8) is 0 Å². The molecule has 0 saturated carbocycles. The number of fused-ring (bicyclic) bond motifs is 5. The number of aldehydes is 1. The summed E-state index contributed by atoms with van der Waals surface area (Å²) in [6, 6.07) is 65.1. The van der Waals surface area contributed by atoms with Crippen LogP contribution < -0.4 is 5.73 Å². The van der Waals surface area contributed by atoms with Gasteiger partial charge in [-0.25, -0.2) is 4.98 Å². The number of nitrogen functional groups attached to an aromatic ring is 1. The number of para-hydroxylation sites is 4. The number of aromatic hydroxyl groups is 1. The predicted octanol–water partition coefficient (Wildman–Crippen LogP) is 16.1. The number of benzene rings is 10. The number of halogens is 2. The second-order valence-corrected chi connectivity index (χ2v) is 16.4. The maximum Gasteiger partial charge on any atom is 0.227 e. The van der Waals surface area contributed by atoms with Crippen molar-refractivity contribution in [3.8, 4) is 39.5 Å². The van der Waals surface area contributed by atoms with Gasteiger partial charge in [0, 0.05) is 20.1 Å². The van der Waals surface area contributed by atoms with Crippen molar-refractivity contribution in [2.24, 2.45) is 0 Å². The second-order valence-electron chi connectivity index (χ2n) is 14.6. The highest BCUT2D eigenvalue weighted by molar-refractivity contribution is 9.10. The Morgan fingerprint density at radius 2 is 0.935 bits per heavy atom. The van der Waals surface area contributed by atoms with E-state index >= 15 is 0 Å². The minimum absolute atomic E-state index is 0. The summed E-state index contributed by atoms with van der Waals surface area (Å²) in [4.78, 5) is 15.9. The highest BCUT2D eigenvalue weighted by Crippen LogP contribution is 2.40. The van der Waals surface area contributed by atoms with E-state index in [1.807, 2.05) is 36.4 Å². The number of oxazole rings is 1. The van der Waals surface area contributed by atoms with Gasteiger partial charge in [-0.1, -0.05) is 161 Å². The molecule has 0 saturated heterocycles. The Morgan fingerprint density at radius 1 is 0.500 bits per heavy atom. The first-order chi connectivity index (χ1) is 29.8. The molecule has 0 bridgehead atoms. The SMILES string of the molecule is Brc1cc(-c2nc3ccccc3o2)cc(-c2c3ccccc3cc3ccccc23)c1.C.Nc1ccccc1O.O=Cc1cc(Br)cc(-c2c3ccccc3cc3ccccc23)c1. The standard InChI is InChI=1S/C27H16BrNO.C21H13BrO.C6H7NO.CH4/c28-21-15-19(14-20(16-21)27-29-24-11-5-6-12-25(24)30-27)26-22-9-3-1-7-17(22)13-18-8-2-4-10-23(18)26;22-18-10-14(13-23)9-17(12-18)21-19-7-3-1-5-15(19)11-16-6-2-4-8-20(16)21;7-5-3-1-2-4-6(5)8;/h1-16H;1-13H;1-4,8H,7H2;1H4. The Kier molecular flexibility index (Phi) is 12.3. The van der Waals surface area contributed by atoms with Crippen LogP contribution in [0, 0.1) is 0 Å². The fraction of sp³-hybridized carbons (Fsp3) is 0.0182. The van der Waals surface area contributed by atoms with E-state index in [2.05, 4.69) is 165 Å². The number of rotatable bonds is 4. The zero-order valence-corrected chi connectivity index (χ0v) is 35.8. The van der Waals surface area contributed by atoms with E-state index < -0.39 is 0 Å². The van der Waals surface area contributed by atoms with E-state index in [4.69, 9.17) is 20.2 Å². The number of hydrogen-bond acceptors (Lipinski definition) is 5. The Morgan fingerprint density at radius 3 is 1.42 bits per heavy atom. The first-order valence-corrected chi connectivity index (χ1v) is 21.2. The van der Waals surface area contributed by atoms with E-state index in [9.17, 15) is 4.79 Å². The van der Waals surface area contributed by atoms with Crippen molar-refractivity contribution >= 4 is 98.0 Å². The summed E-state index contributed by atoms with van der Waals surface area (Å²) in [5, 5.41) is 18.5. The molecule has 11 aromatic rings. The normalized spacial score (nSPS) is 10.8. The van der Waals surface area contributed by atoms with Crippen LogP contribution in [0.3, 0.4) is 0 Å². The van der Waals surface area contributed by atoms with E-state index in [1.165, 1.54) is 54.2 Å². The number of phenolic OH excluding ortho intramolecular Hbond substituents is 1. The highest BCUT2D eigenvalue weighted by Gasteiger charge is 2.15.